The molecule has 1 aromatic carbocycles. The molecule has 0 aliphatic carbocycles. The number of carboxylic acid groups (broad SMARTS) is 2. The van der Waals surface area contributed by atoms with Crippen molar-refractivity contribution in [1.29, 1.82) is 0 Å². The van der Waals surface area contributed by atoms with Crippen molar-refractivity contribution in [3.63, 3.8) is 0 Å². The lowest BCUT2D eigenvalue weighted by Crippen LogP contribution is -2.50. The summed E-state index contributed by atoms with van der Waals surface area (Å²) in [5.41, 5.74) is 6.47. The van der Waals surface area contributed by atoms with Gasteiger partial charge in [0.2, 0.25) is 5.91 Å². The molecule has 0 saturated heterocycles. The smallest absolute Gasteiger partial charge is 0.327 e. The molecule has 8 heteroatoms. The van der Waals surface area contributed by atoms with E-state index in [1.807, 2.05) is 37.3 Å². The van der Waals surface area contributed by atoms with Crippen LogP contribution < -0.4 is 11.1 Å². The SMILES string of the molecule is CC(SC[C@H](NC(=O)[C@@H](N)CC(=O)O)C(=O)O)c1ccccc1. The van der Waals surface area contributed by atoms with Crippen molar-refractivity contribution in [1.82, 2.24) is 5.32 Å². The third-order valence-electron chi connectivity index (χ3n) is 3.13. The first kappa shape index (κ1) is 19.0. The molecule has 0 heterocycles. The van der Waals surface area contributed by atoms with E-state index in [4.69, 9.17) is 10.8 Å². The lowest BCUT2D eigenvalue weighted by Gasteiger charge is -2.19. The molecule has 7 nitrogen and oxygen atoms in total. The third-order valence-corrected chi connectivity index (χ3v) is 4.43. The van der Waals surface area contributed by atoms with Crippen LogP contribution in [0.1, 0.15) is 24.2 Å². The Balaban J connectivity index is 2.57. The molecule has 5 N–H and O–H groups in total. The lowest BCUT2D eigenvalue weighted by molar-refractivity contribution is -0.142. The zero-order chi connectivity index (χ0) is 17.4. The Kier molecular flexibility index (Phi) is 7.56. The number of amides is 1. The highest BCUT2D eigenvalue weighted by atomic mass is 32.2. The predicted octanol–water partition coefficient (Wildman–Crippen LogP) is 0.852. The van der Waals surface area contributed by atoms with Gasteiger partial charge in [-0.25, -0.2) is 4.79 Å². The highest BCUT2D eigenvalue weighted by molar-refractivity contribution is 7.99. The van der Waals surface area contributed by atoms with Crippen LogP contribution >= 0.6 is 11.8 Å². The summed E-state index contributed by atoms with van der Waals surface area (Å²) in [6, 6.07) is 7.17. The topological polar surface area (TPSA) is 130 Å². The van der Waals surface area contributed by atoms with E-state index >= 15 is 0 Å². The standard InChI is InChI=1S/C15H20N2O5S/c1-9(10-5-3-2-4-6-10)23-8-12(15(21)22)17-14(20)11(16)7-13(18)19/h2-6,9,11-12H,7-8,16H2,1H3,(H,17,20)(H,18,19)(H,21,22)/t9?,11-,12-/m0/s1. The van der Waals surface area contributed by atoms with E-state index in [1.165, 1.54) is 11.8 Å². The van der Waals surface area contributed by atoms with Crippen LogP contribution in [0, 0.1) is 0 Å². The van der Waals surface area contributed by atoms with Crippen molar-refractivity contribution >= 4 is 29.6 Å². The normalized spacial score (nSPS) is 14.5. The molecular formula is C15H20N2O5S. The van der Waals surface area contributed by atoms with E-state index < -0.39 is 36.4 Å². The van der Waals surface area contributed by atoms with Gasteiger partial charge < -0.3 is 21.3 Å². The van der Waals surface area contributed by atoms with Crippen molar-refractivity contribution in [2.45, 2.75) is 30.7 Å². The lowest BCUT2D eigenvalue weighted by atomic mass is 10.2. The molecule has 1 amide bonds. The number of nitrogens with two attached hydrogens (primary N) is 1. The number of thioether (sulfide) groups is 1. The Bertz CT molecular complexity index is 552. The van der Waals surface area contributed by atoms with Crippen LogP contribution in [0.15, 0.2) is 30.3 Å². The van der Waals surface area contributed by atoms with Gasteiger partial charge in [-0.3, -0.25) is 9.59 Å². The molecule has 0 aliphatic rings. The van der Waals surface area contributed by atoms with Gasteiger partial charge in [0, 0.05) is 11.0 Å². The predicted molar refractivity (Wildman–Crippen MR) is 87.1 cm³/mol. The number of carbonyl (C=O) groups is 3. The minimum atomic E-state index is -1.27. The average molecular weight is 340 g/mol. The Morgan fingerprint density at radius 1 is 1.22 bits per heavy atom. The number of carbonyl (C=O) groups excluding carboxylic acids is 1. The first-order valence-electron chi connectivity index (χ1n) is 6.98. The maximum atomic E-state index is 11.7. The van der Waals surface area contributed by atoms with Crippen LogP contribution in [0.25, 0.3) is 0 Å². The summed E-state index contributed by atoms with van der Waals surface area (Å²) in [6.45, 7) is 1.94. The maximum Gasteiger partial charge on any atom is 0.327 e. The Morgan fingerprint density at radius 3 is 2.35 bits per heavy atom. The summed E-state index contributed by atoms with van der Waals surface area (Å²) >= 11 is 1.38. The quantitative estimate of drug-likeness (QED) is 0.524. The molecule has 1 unspecified atom stereocenters. The average Bonchev–Trinajstić information content (AvgIpc) is 2.50. The second-order valence-corrected chi connectivity index (χ2v) is 6.36. The van der Waals surface area contributed by atoms with Gasteiger partial charge in [-0.05, 0) is 12.5 Å². The van der Waals surface area contributed by atoms with Crippen molar-refractivity contribution in [3.8, 4) is 0 Å². The monoisotopic (exact) mass is 340 g/mol. The number of hydrogen-bond acceptors (Lipinski definition) is 5. The number of nitrogens with one attached hydrogen (secondary N) is 1. The summed E-state index contributed by atoms with van der Waals surface area (Å²) in [5, 5.41) is 20.1. The molecule has 0 aromatic heterocycles. The minimum Gasteiger partial charge on any atom is -0.481 e. The van der Waals surface area contributed by atoms with E-state index in [-0.39, 0.29) is 11.0 Å². The summed E-state index contributed by atoms with van der Waals surface area (Å²) in [4.78, 5) is 33.5. The fourth-order valence-corrected chi connectivity index (χ4v) is 2.85. The highest BCUT2D eigenvalue weighted by Gasteiger charge is 2.25. The van der Waals surface area contributed by atoms with Gasteiger partial charge >= 0.3 is 11.9 Å². The number of rotatable bonds is 9. The second-order valence-electron chi connectivity index (χ2n) is 4.99. The molecule has 3 atom stereocenters. The van der Waals surface area contributed by atoms with Crippen LogP contribution in [0.5, 0.6) is 0 Å². The van der Waals surface area contributed by atoms with Crippen LogP contribution in [0.3, 0.4) is 0 Å². The Morgan fingerprint density at radius 2 is 1.83 bits per heavy atom. The number of benzene rings is 1. The third kappa shape index (κ3) is 6.70. The Hall–Kier alpha value is -2.06. The molecule has 1 rings (SSSR count). The molecule has 0 fully saturated rings. The van der Waals surface area contributed by atoms with Crippen molar-refractivity contribution in [2.75, 3.05) is 5.75 Å². The van der Waals surface area contributed by atoms with Gasteiger partial charge in [0.25, 0.3) is 0 Å². The van der Waals surface area contributed by atoms with E-state index in [2.05, 4.69) is 5.32 Å². The van der Waals surface area contributed by atoms with E-state index in [0.29, 0.717) is 0 Å². The molecule has 1 aromatic rings. The summed E-state index contributed by atoms with van der Waals surface area (Å²) in [5.74, 6) is -3.04. The number of hydrogen-bond donors (Lipinski definition) is 4. The van der Waals surface area contributed by atoms with Crippen molar-refractivity contribution < 1.29 is 24.6 Å². The van der Waals surface area contributed by atoms with Crippen molar-refractivity contribution in [2.24, 2.45) is 5.73 Å². The Labute approximate surface area is 138 Å². The molecule has 23 heavy (non-hydrogen) atoms. The summed E-state index contributed by atoms with van der Waals surface area (Å²) < 4.78 is 0. The zero-order valence-corrected chi connectivity index (χ0v) is 13.5. The van der Waals surface area contributed by atoms with E-state index in [9.17, 15) is 19.5 Å². The fraction of sp³-hybridized carbons (Fsp3) is 0.400. The summed E-state index contributed by atoms with van der Waals surface area (Å²) in [7, 11) is 0. The van der Waals surface area contributed by atoms with Crippen LogP contribution in [0.4, 0.5) is 0 Å². The van der Waals surface area contributed by atoms with E-state index in [0.717, 1.165) is 5.56 Å². The van der Waals surface area contributed by atoms with Gasteiger partial charge in [0.15, 0.2) is 0 Å². The van der Waals surface area contributed by atoms with Gasteiger partial charge in [-0.15, -0.1) is 0 Å². The van der Waals surface area contributed by atoms with Gasteiger partial charge in [-0.1, -0.05) is 30.3 Å². The largest absolute Gasteiger partial charge is 0.481 e. The molecule has 126 valence electrons. The second kappa shape index (κ2) is 9.16. The van der Waals surface area contributed by atoms with E-state index in [1.54, 1.807) is 0 Å². The van der Waals surface area contributed by atoms with Gasteiger partial charge in [0.05, 0.1) is 12.5 Å². The number of aliphatic carboxylic acids is 2. The molecule has 0 radical (unpaired) electrons. The maximum absolute atomic E-state index is 11.7. The molecule has 0 bridgehead atoms. The minimum absolute atomic E-state index is 0.0580. The van der Waals surface area contributed by atoms with Gasteiger partial charge in [-0.2, -0.15) is 11.8 Å². The van der Waals surface area contributed by atoms with Gasteiger partial charge in [0.1, 0.15) is 6.04 Å². The van der Waals surface area contributed by atoms with Crippen molar-refractivity contribution in [3.05, 3.63) is 35.9 Å². The zero-order valence-electron chi connectivity index (χ0n) is 12.6. The molecule has 0 saturated carbocycles. The fourth-order valence-electron chi connectivity index (χ4n) is 1.80. The first-order chi connectivity index (χ1) is 10.8. The molecular weight excluding hydrogens is 320 g/mol. The molecule has 0 spiro atoms. The summed E-state index contributed by atoms with van der Waals surface area (Å²) in [6.07, 6.45) is -0.550. The number of carboxylic acids is 2. The van der Waals surface area contributed by atoms with Crippen LogP contribution in [-0.2, 0) is 14.4 Å². The van der Waals surface area contributed by atoms with Crippen LogP contribution in [0.2, 0.25) is 0 Å². The van der Waals surface area contributed by atoms with Crippen LogP contribution in [-0.4, -0.2) is 45.9 Å². The molecule has 0 aliphatic heterocycles. The first-order valence-corrected chi connectivity index (χ1v) is 8.03. The highest BCUT2D eigenvalue weighted by Crippen LogP contribution is 2.28.